The van der Waals surface area contributed by atoms with Gasteiger partial charge in [-0.3, -0.25) is 9.69 Å². The number of carbonyl (C=O) groups excluding carboxylic acids is 1. The van der Waals surface area contributed by atoms with Gasteiger partial charge in [-0.25, -0.2) is 4.39 Å². The Kier molecular flexibility index (Phi) is 4.62. The summed E-state index contributed by atoms with van der Waals surface area (Å²) in [5.41, 5.74) is 0.626. The van der Waals surface area contributed by atoms with Gasteiger partial charge >= 0.3 is 0 Å². The predicted octanol–water partition coefficient (Wildman–Crippen LogP) is 2.63. The van der Waals surface area contributed by atoms with E-state index in [-0.39, 0.29) is 17.6 Å². The van der Waals surface area contributed by atoms with Crippen LogP contribution >= 0.6 is 0 Å². The minimum Gasteiger partial charge on any atom is -0.298 e. The van der Waals surface area contributed by atoms with Gasteiger partial charge in [0.15, 0.2) is 0 Å². The third kappa shape index (κ3) is 3.14. The molecule has 16 heavy (non-hydrogen) atoms. The summed E-state index contributed by atoms with van der Waals surface area (Å²) in [6, 6.07) is 6.49. The Morgan fingerprint density at radius 1 is 1.44 bits per heavy atom. The molecule has 0 spiro atoms. The van der Waals surface area contributed by atoms with E-state index in [0.29, 0.717) is 18.5 Å². The number of hydrogen-bond acceptors (Lipinski definition) is 2. The van der Waals surface area contributed by atoms with Crippen molar-refractivity contribution in [2.75, 3.05) is 7.05 Å². The topological polar surface area (TPSA) is 20.3 Å². The largest absolute Gasteiger partial charge is 0.298 e. The van der Waals surface area contributed by atoms with Gasteiger partial charge in [-0.15, -0.1) is 0 Å². The number of halogens is 1. The van der Waals surface area contributed by atoms with E-state index in [1.807, 2.05) is 25.8 Å². The number of Topliss-reactive ketones (excluding diaryl/α,β-unsaturated/α-hetero) is 1. The molecule has 0 radical (unpaired) electrons. The van der Waals surface area contributed by atoms with E-state index in [4.69, 9.17) is 0 Å². The lowest BCUT2D eigenvalue weighted by Gasteiger charge is -2.23. The van der Waals surface area contributed by atoms with Gasteiger partial charge in [-0.05, 0) is 20.0 Å². The number of ketones is 1. The minimum absolute atomic E-state index is 0.162. The van der Waals surface area contributed by atoms with Crippen molar-refractivity contribution in [2.45, 2.75) is 32.9 Å². The molecule has 1 aromatic rings. The lowest BCUT2D eigenvalue weighted by molar-refractivity contribution is -0.123. The summed E-state index contributed by atoms with van der Waals surface area (Å²) in [5.74, 6) is -0.0377. The van der Waals surface area contributed by atoms with Crippen molar-refractivity contribution in [1.82, 2.24) is 4.90 Å². The first kappa shape index (κ1) is 12.8. The van der Waals surface area contributed by atoms with Gasteiger partial charge in [-0.2, -0.15) is 0 Å². The fraction of sp³-hybridized carbons (Fsp3) is 0.462. The van der Waals surface area contributed by atoms with Crippen LogP contribution in [0.15, 0.2) is 24.3 Å². The predicted molar refractivity (Wildman–Crippen MR) is 62.6 cm³/mol. The Balaban J connectivity index is 2.68. The Morgan fingerprint density at radius 2 is 2.06 bits per heavy atom. The van der Waals surface area contributed by atoms with Crippen molar-refractivity contribution in [1.29, 1.82) is 0 Å². The molecule has 0 aromatic heterocycles. The smallest absolute Gasteiger partial charge is 0.149 e. The first-order valence-electron chi connectivity index (χ1n) is 5.52. The van der Waals surface area contributed by atoms with E-state index in [1.54, 1.807) is 18.2 Å². The third-order valence-electron chi connectivity index (χ3n) is 2.85. The second-order valence-corrected chi connectivity index (χ2v) is 4.00. The van der Waals surface area contributed by atoms with Crippen LogP contribution in [0.5, 0.6) is 0 Å². The van der Waals surface area contributed by atoms with Gasteiger partial charge in [0.05, 0.1) is 6.04 Å². The van der Waals surface area contributed by atoms with Crippen molar-refractivity contribution < 1.29 is 9.18 Å². The van der Waals surface area contributed by atoms with Crippen LogP contribution in [-0.2, 0) is 11.3 Å². The summed E-state index contributed by atoms with van der Waals surface area (Å²) < 4.78 is 13.4. The van der Waals surface area contributed by atoms with Gasteiger partial charge in [0.2, 0.25) is 0 Å². The monoisotopic (exact) mass is 223 g/mol. The van der Waals surface area contributed by atoms with Crippen molar-refractivity contribution in [3.05, 3.63) is 35.6 Å². The van der Waals surface area contributed by atoms with Crippen molar-refractivity contribution in [2.24, 2.45) is 0 Å². The average molecular weight is 223 g/mol. The van der Waals surface area contributed by atoms with Crippen LogP contribution < -0.4 is 0 Å². The summed E-state index contributed by atoms with van der Waals surface area (Å²) >= 11 is 0. The van der Waals surface area contributed by atoms with Gasteiger partial charge in [-0.1, -0.05) is 25.1 Å². The molecule has 2 nitrogen and oxygen atoms in total. The normalized spacial score (nSPS) is 12.8. The SMILES string of the molecule is CCC(=O)C(C)N(C)Cc1ccccc1F. The Morgan fingerprint density at radius 3 is 2.62 bits per heavy atom. The molecule has 0 fully saturated rings. The van der Waals surface area contributed by atoms with Gasteiger partial charge in [0.25, 0.3) is 0 Å². The summed E-state index contributed by atoms with van der Waals surface area (Å²) in [5, 5.41) is 0. The lowest BCUT2D eigenvalue weighted by atomic mass is 10.1. The Bertz CT molecular complexity index is 365. The highest BCUT2D eigenvalue weighted by Gasteiger charge is 2.17. The molecule has 88 valence electrons. The molecule has 1 atom stereocenters. The van der Waals surface area contributed by atoms with Crippen molar-refractivity contribution in [3.8, 4) is 0 Å². The molecule has 0 saturated heterocycles. The molecule has 0 saturated carbocycles. The van der Waals surface area contributed by atoms with Crippen LogP contribution in [0.4, 0.5) is 4.39 Å². The molecule has 0 amide bonds. The zero-order valence-corrected chi connectivity index (χ0v) is 10.0. The average Bonchev–Trinajstić information content (AvgIpc) is 2.30. The molecular formula is C13H18FNO. The van der Waals surface area contributed by atoms with Crippen LogP contribution in [0.2, 0.25) is 0 Å². The Labute approximate surface area is 96.1 Å². The first-order valence-corrected chi connectivity index (χ1v) is 5.52. The molecule has 0 heterocycles. The molecular weight excluding hydrogens is 205 g/mol. The fourth-order valence-corrected chi connectivity index (χ4v) is 1.57. The summed E-state index contributed by atoms with van der Waals surface area (Å²) in [6.07, 6.45) is 0.517. The van der Waals surface area contributed by atoms with Gasteiger partial charge in [0.1, 0.15) is 11.6 Å². The number of benzene rings is 1. The zero-order valence-electron chi connectivity index (χ0n) is 10.0. The maximum atomic E-state index is 13.4. The highest BCUT2D eigenvalue weighted by atomic mass is 19.1. The maximum Gasteiger partial charge on any atom is 0.149 e. The Hall–Kier alpha value is -1.22. The van der Waals surface area contributed by atoms with Crippen LogP contribution in [-0.4, -0.2) is 23.8 Å². The summed E-state index contributed by atoms with van der Waals surface area (Å²) in [6.45, 7) is 4.15. The van der Waals surface area contributed by atoms with E-state index < -0.39 is 0 Å². The highest BCUT2D eigenvalue weighted by molar-refractivity contribution is 5.83. The molecule has 1 unspecified atom stereocenters. The molecule has 0 N–H and O–H groups in total. The number of carbonyl (C=O) groups is 1. The van der Waals surface area contributed by atoms with Crippen LogP contribution in [0.25, 0.3) is 0 Å². The number of hydrogen-bond donors (Lipinski definition) is 0. The van der Waals surface area contributed by atoms with Gasteiger partial charge in [0, 0.05) is 18.5 Å². The minimum atomic E-state index is -0.217. The molecule has 3 heteroatoms. The number of likely N-dealkylation sites (N-methyl/N-ethyl adjacent to an activating group) is 1. The summed E-state index contributed by atoms with van der Waals surface area (Å²) in [4.78, 5) is 13.4. The van der Waals surface area contributed by atoms with Crippen LogP contribution in [0.3, 0.4) is 0 Å². The third-order valence-corrected chi connectivity index (χ3v) is 2.85. The van der Waals surface area contributed by atoms with Crippen LogP contribution in [0, 0.1) is 5.82 Å². The highest BCUT2D eigenvalue weighted by Crippen LogP contribution is 2.11. The van der Waals surface area contributed by atoms with Crippen molar-refractivity contribution in [3.63, 3.8) is 0 Å². The number of nitrogens with zero attached hydrogens (tertiary/aromatic N) is 1. The summed E-state index contributed by atoms with van der Waals surface area (Å²) in [7, 11) is 1.84. The zero-order chi connectivity index (χ0) is 12.1. The van der Waals surface area contributed by atoms with E-state index >= 15 is 0 Å². The number of rotatable bonds is 5. The second-order valence-electron chi connectivity index (χ2n) is 4.00. The van der Waals surface area contributed by atoms with E-state index in [9.17, 15) is 9.18 Å². The van der Waals surface area contributed by atoms with E-state index in [2.05, 4.69) is 0 Å². The van der Waals surface area contributed by atoms with E-state index in [1.165, 1.54) is 6.07 Å². The quantitative estimate of drug-likeness (QED) is 0.764. The molecule has 0 aliphatic rings. The van der Waals surface area contributed by atoms with Crippen LogP contribution in [0.1, 0.15) is 25.8 Å². The lowest BCUT2D eigenvalue weighted by Crippen LogP contribution is -2.35. The molecule has 0 aliphatic carbocycles. The molecule has 1 aromatic carbocycles. The molecule has 1 rings (SSSR count). The maximum absolute atomic E-state index is 13.4. The van der Waals surface area contributed by atoms with E-state index in [0.717, 1.165) is 0 Å². The molecule has 0 bridgehead atoms. The second kappa shape index (κ2) is 5.75. The fourth-order valence-electron chi connectivity index (χ4n) is 1.57. The van der Waals surface area contributed by atoms with Gasteiger partial charge < -0.3 is 0 Å². The standard InChI is InChI=1S/C13H18FNO/c1-4-13(16)10(2)15(3)9-11-7-5-6-8-12(11)14/h5-8,10H,4,9H2,1-3H3. The molecule has 0 aliphatic heterocycles. The first-order chi connectivity index (χ1) is 7.56. The van der Waals surface area contributed by atoms with Crippen molar-refractivity contribution >= 4 is 5.78 Å².